The zero-order chi connectivity index (χ0) is 21.3. The molecular formula is C23H32N6S. The highest BCUT2D eigenvalue weighted by Gasteiger charge is 2.24. The molecule has 0 saturated carbocycles. The van der Waals surface area contributed by atoms with Crippen LogP contribution in [0, 0.1) is 5.92 Å². The van der Waals surface area contributed by atoms with Gasteiger partial charge in [-0.05, 0) is 62.9 Å². The number of rotatable bonds is 3. The molecule has 2 aromatic rings. The van der Waals surface area contributed by atoms with E-state index < -0.39 is 0 Å². The fourth-order valence-corrected chi connectivity index (χ4v) is 4.57. The number of thiocarbonyl (C=S) groups is 1. The summed E-state index contributed by atoms with van der Waals surface area (Å²) < 4.78 is 0. The SMILES string of the molecule is CC1CCCN(c2cc(N3Cc4ccccc4C3)nc(NC(=S)NC(C)(C)C)n2)C1. The third-order valence-electron chi connectivity index (χ3n) is 5.56. The molecule has 1 aromatic heterocycles. The molecule has 1 aromatic carbocycles. The molecule has 160 valence electrons. The second-order valence-electron chi connectivity index (χ2n) is 9.56. The molecule has 30 heavy (non-hydrogen) atoms. The van der Waals surface area contributed by atoms with Crippen LogP contribution in [0.4, 0.5) is 17.6 Å². The van der Waals surface area contributed by atoms with Gasteiger partial charge in [0.25, 0.3) is 0 Å². The predicted octanol–water partition coefficient (Wildman–Crippen LogP) is 4.32. The van der Waals surface area contributed by atoms with E-state index in [1.54, 1.807) is 0 Å². The van der Waals surface area contributed by atoms with E-state index in [4.69, 9.17) is 22.2 Å². The van der Waals surface area contributed by atoms with Crippen LogP contribution in [-0.4, -0.2) is 33.7 Å². The van der Waals surface area contributed by atoms with Crippen molar-refractivity contribution < 1.29 is 0 Å². The molecule has 1 saturated heterocycles. The maximum absolute atomic E-state index is 5.51. The maximum atomic E-state index is 5.51. The van der Waals surface area contributed by atoms with Crippen molar-refractivity contribution in [2.75, 3.05) is 28.2 Å². The van der Waals surface area contributed by atoms with E-state index in [1.807, 2.05) is 0 Å². The largest absolute Gasteiger partial charge is 0.358 e. The molecule has 1 fully saturated rings. The fraction of sp³-hybridized carbons (Fsp3) is 0.522. The third-order valence-corrected chi connectivity index (χ3v) is 5.76. The minimum absolute atomic E-state index is 0.122. The summed E-state index contributed by atoms with van der Waals surface area (Å²) >= 11 is 5.51. The minimum atomic E-state index is -0.122. The Hall–Kier alpha value is -2.41. The summed E-state index contributed by atoms with van der Waals surface area (Å²) in [5, 5.41) is 7.05. The molecule has 6 nitrogen and oxygen atoms in total. The van der Waals surface area contributed by atoms with Gasteiger partial charge >= 0.3 is 0 Å². The highest BCUT2D eigenvalue weighted by molar-refractivity contribution is 7.80. The van der Waals surface area contributed by atoms with E-state index in [0.717, 1.165) is 37.8 Å². The minimum Gasteiger partial charge on any atom is -0.358 e. The molecule has 0 bridgehead atoms. The molecule has 1 unspecified atom stereocenters. The predicted molar refractivity (Wildman–Crippen MR) is 128 cm³/mol. The number of hydrogen-bond donors (Lipinski definition) is 2. The Morgan fingerprint density at radius 1 is 1.07 bits per heavy atom. The van der Waals surface area contributed by atoms with Crippen molar-refractivity contribution in [3.8, 4) is 0 Å². The lowest BCUT2D eigenvalue weighted by molar-refractivity contribution is 0.444. The van der Waals surface area contributed by atoms with E-state index in [1.165, 1.54) is 24.0 Å². The summed E-state index contributed by atoms with van der Waals surface area (Å²) in [6.45, 7) is 12.4. The number of benzene rings is 1. The molecule has 0 spiro atoms. The Kier molecular flexibility index (Phi) is 5.82. The van der Waals surface area contributed by atoms with Gasteiger partial charge in [-0.2, -0.15) is 9.97 Å². The van der Waals surface area contributed by atoms with E-state index in [0.29, 0.717) is 17.0 Å². The summed E-state index contributed by atoms with van der Waals surface area (Å²) in [6.07, 6.45) is 2.48. The van der Waals surface area contributed by atoms with Gasteiger partial charge in [-0.3, -0.25) is 0 Å². The number of nitrogens with one attached hydrogen (secondary N) is 2. The highest BCUT2D eigenvalue weighted by Crippen LogP contribution is 2.31. The fourth-order valence-electron chi connectivity index (χ4n) is 4.17. The lowest BCUT2D eigenvalue weighted by Crippen LogP contribution is -2.43. The summed E-state index contributed by atoms with van der Waals surface area (Å²) in [5.41, 5.74) is 2.61. The van der Waals surface area contributed by atoms with Crippen LogP contribution >= 0.6 is 12.2 Å². The number of aromatic nitrogens is 2. The Labute approximate surface area is 185 Å². The van der Waals surface area contributed by atoms with Crippen molar-refractivity contribution in [3.05, 3.63) is 41.5 Å². The smallest absolute Gasteiger partial charge is 0.232 e. The number of piperidine rings is 1. The quantitative estimate of drug-likeness (QED) is 0.712. The van der Waals surface area contributed by atoms with Crippen LogP contribution < -0.4 is 20.4 Å². The van der Waals surface area contributed by atoms with Crippen molar-refractivity contribution in [1.82, 2.24) is 15.3 Å². The van der Waals surface area contributed by atoms with Gasteiger partial charge in [0, 0.05) is 37.8 Å². The maximum Gasteiger partial charge on any atom is 0.232 e. The second kappa shape index (κ2) is 8.38. The van der Waals surface area contributed by atoms with Crippen molar-refractivity contribution in [2.45, 2.75) is 59.2 Å². The number of fused-ring (bicyclic) bond motifs is 1. The van der Waals surface area contributed by atoms with Crippen molar-refractivity contribution in [2.24, 2.45) is 5.92 Å². The van der Waals surface area contributed by atoms with Crippen LogP contribution in [0.15, 0.2) is 30.3 Å². The van der Waals surface area contributed by atoms with Gasteiger partial charge in [-0.15, -0.1) is 0 Å². The molecule has 2 N–H and O–H groups in total. The molecule has 3 heterocycles. The molecule has 0 radical (unpaired) electrons. The summed E-state index contributed by atoms with van der Waals surface area (Å²) in [5.74, 6) is 3.14. The Balaban J connectivity index is 1.62. The van der Waals surface area contributed by atoms with Gasteiger partial charge in [0.2, 0.25) is 5.95 Å². The van der Waals surface area contributed by atoms with E-state index in [2.05, 4.69) is 78.5 Å². The first-order chi connectivity index (χ1) is 14.3. The van der Waals surface area contributed by atoms with E-state index in [-0.39, 0.29) is 5.54 Å². The van der Waals surface area contributed by atoms with Crippen LogP contribution in [0.2, 0.25) is 0 Å². The van der Waals surface area contributed by atoms with Crippen LogP contribution in [0.1, 0.15) is 51.7 Å². The van der Waals surface area contributed by atoms with Gasteiger partial charge in [0.15, 0.2) is 5.11 Å². The molecule has 4 rings (SSSR count). The number of nitrogens with zero attached hydrogens (tertiary/aromatic N) is 4. The van der Waals surface area contributed by atoms with Crippen LogP contribution in [-0.2, 0) is 13.1 Å². The molecule has 1 atom stereocenters. The summed E-state index contributed by atoms with van der Waals surface area (Å²) in [6, 6.07) is 10.7. The van der Waals surface area contributed by atoms with Gasteiger partial charge < -0.3 is 20.4 Å². The van der Waals surface area contributed by atoms with Gasteiger partial charge in [0.05, 0.1) is 0 Å². The monoisotopic (exact) mass is 424 g/mol. The van der Waals surface area contributed by atoms with Crippen LogP contribution in [0.3, 0.4) is 0 Å². The molecular weight excluding hydrogens is 392 g/mol. The Morgan fingerprint density at radius 2 is 1.70 bits per heavy atom. The van der Waals surface area contributed by atoms with Crippen LogP contribution in [0.25, 0.3) is 0 Å². The van der Waals surface area contributed by atoms with Crippen molar-refractivity contribution in [1.29, 1.82) is 0 Å². The zero-order valence-corrected chi connectivity index (χ0v) is 19.2. The summed E-state index contributed by atoms with van der Waals surface area (Å²) in [4.78, 5) is 14.4. The Bertz CT molecular complexity index is 897. The molecule has 2 aliphatic heterocycles. The standard InChI is InChI=1S/C23H32N6S/c1-16-8-7-11-28(13-16)19-12-20(29-14-17-9-5-6-10-18(17)15-29)25-21(24-19)26-22(30)27-23(2,3)4/h5-6,9-10,12,16H,7-8,11,13-15H2,1-4H3,(H2,24,25,26,27,30). The van der Waals surface area contributed by atoms with Crippen molar-refractivity contribution >= 4 is 34.9 Å². The molecule has 2 aliphatic rings. The van der Waals surface area contributed by atoms with Crippen molar-refractivity contribution in [3.63, 3.8) is 0 Å². The lowest BCUT2D eigenvalue weighted by Gasteiger charge is -2.32. The lowest BCUT2D eigenvalue weighted by atomic mass is 10.0. The topological polar surface area (TPSA) is 56.3 Å². The van der Waals surface area contributed by atoms with E-state index >= 15 is 0 Å². The van der Waals surface area contributed by atoms with Gasteiger partial charge in [0.1, 0.15) is 11.6 Å². The first-order valence-electron chi connectivity index (χ1n) is 10.8. The highest BCUT2D eigenvalue weighted by atomic mass is 32.1. The summed E-state index contributed by atoms with van der Waals surface area (Å²) in [7, 11) is 0. The number of anilines is 3. The molecule has 0 amide bonds. The van der Waals surface area contributed by atoms with Gasteiger partial charge in [-0.1, -0.05) is 31.2 Å². The number of hydrogen-bond acceptors (Lipinski definition) is 5. The normalized spacial score (nSPS) is 18.9. The molecule has 7 heteroatoms. The average Bonchev–Trinajstić information content (AvgIpc) is 3.10. The van der Waals surface area contributed by atoms with Crippen LogP contribution in [0.5, 0.6) is 0 Å². The average molecular weight is 425 g/mol. The first kappa shape index (κ1) is 20.8. The molecule has 0 aliphatic carbocycles. The van der Waals surface area contributed by atoms with Gasteiger partial charge in [-0.25, -0.2) is 0 Å². The Morgan fingerprint density at radius 3 is 2.30 bits per heavy atom. The second-order valence-corrected chi connectivity index (χ2v) is 9.96. The van der Waals surface area contributed by atoms with E-state index in [9.17, 15) is 0 Å². The third kappa shape index (κ3) is 5.01. The first-order valence-corrected chi connectivity index (χ1v) is 11.2. The zero-order valence-electron chi connectivity index (χ0n) is 18.4.